The number of aromatic carboxylic acids is 1. The molecular weight excluding hydrogens is 613 g/mol. The van der Waals surface area contributed by atoms with Gasteiger partial charge in [-0.15, -0.1) is 5.53 Å². The van der Waals surface area contributed by atoms with Crippen LogP contribution in [-0.4, -0.2) is 72.5 Å². The number of hydrazine groups is 2. The first kappa shape index (κ1) is 31.3. The van der Waals surface area contributed by atoms with Gasteiger partial charge in [0.15, 0.2) is 5.82 Å². The molecule has 240 valence electrons. The molecule has 11 nitrogen and oxygen atoms in total. The van der Waals surface area contributed by atoms with Crippen LogP contribution in [-0.2, 0) is 16.0 Å². The fourth-order valence-corrected chi connectivity index (χ4v) is 6.53. The van der Waals surface area contributed by atoms with Gasteiger partial charge >= 0.3 is 5.97 Å². The van der Waals surface area contributed by atoms with Gasteiger partial charge in [-0.05, 0) is 86.9 Å². The van der Waals surface area contributed by atoms with E-state index in [-0.39, 0.29) is 28.5 Å². The summed E-state index contributed by atoms with van der Waals surface area (Å²) >= 11 is 5.97. The lowest BCUT2D eigenvalue weighted by molar-refractivity contribution is -0.136. The zero-order chi connectivity index (χ0) is 32.5. The van der Waals surface area contributed by atoms with Gasteiger partial charge in [-0.1, -0.05) is 29.8 Å². The quantitative estimate of drug-likeness (QED) is 0.300. The van der Waals surface area contributed by atoms with Gasteiger partial charge in [0.25, 0.3) is 11.8 Å². The van der Waals surface area contributed by atoms with Gasteiger partial charge in [0.1, 0.15) is 11.7 Å². The number of hydrogen-bond acceptors (Lipinski definition) is 8. The third-order valence-electron chi connectivity index (χ3n) is 8.83. The van der Waals surface area contributed by atoms with Crippen molar-refractivity contribution in [3.05, 3.63) is 100 Å². The Kier molecular flexibility index (Phi) is 8.85. The van der Waals surface area contributed by atoms with Crippen molar-refractivity contribution in [3.8, 4) is 0 Å². The SMILES string of the molecule is CN(C)C1CCN(c2cccc3c2CCN(C(=O)C2=CN(c4cccc(Cl)c4F)NN2)[C@@H]3C(=O)Nc2ccc(C(=O)O)cc2)CC1. The van der Waals surface area contributed by atoms with Gasteiger partial charge in [0, 0.05) is 37.1 Å². The smallest absolute Gasteiger partial charge is 0.335 e. The van der Waals surface area contributed by atoms with Crippen LogP contribution in [0.2, 0.25) is 5.02 Å². The van der Waals surface area contributed by atoms with Crippen molar-refractivity contribution in [2.75, 3.05) is 49.0 Å². The summed E-state index contributed by atoms with van der Waals surface area (Å²) in [5.41, 5.74) is 9.12. The van der Waals surface area contributed by atoms with E-state index >= 15 is 0 Å². The van der Waals surface area contributed by atoms with Gasteiger partial charge in [-0.2, -0.15) is 0 Å². The first-order valence-corrected chi connectivity index (χ1v) is 15.4. The number of nitrogens with zero attached hydrogens (tertiary/aromatic N) is 4. The highest BCUT2D eigenvalue weighted by atomic mass is 35.5. The number of benzene rings is 3. The molecule has 0 aromatic heterocycles. The van der Waals surface area contributed by atoms with Crippen LogP contribution in [0.3, 0.4) is 0 Å². The van der Waals surface area contributed by atoms with Crippen molar-refractivity contribution >= 4 is 46.4 Å². The maximum absolute atomic E-state index is 14.7. The second kappa shape index (κ2) is 13.0. The van der Waals surface area contributed by atoms with Crippen LogP contribution in [0.15, 0.2) is 72.6 Å². The monoisotopic (exact) mass is 647 g/mol. The van der Waals surface area contributed by atoms with Crippen molar-refractivity contribution in [1.29, 1.82) is 0 Å². The first-order valence-electron chi connectivity index (χ1n) is 15.1. The van der Waals surface area contributed by atoms with E-state index in [1.165, 1.54) is 52.5 Å². The van der Waals surface area contributed by atoms with Crippen LogP contribution in [0.5, 0.6) is 0 Å². The van der Waals surface area contributed by atoms with E-state index < -0.39 is 29.6 Å². The lowest BCUT2D eigenvalue weighted by Crippen LogP contribution is -2.48. The first-order chi connectivity index (χ1) is 22.1. The predicted octanol–water partition coefficient (Wildman–Crippen LogP) is 4.14. The number of carboxylic acid groups (broad SMARTS) is 1. The maximum Gasteiger partial charge on any atom is 0.335 e. The van der Waals surface area contributed by atoms with Crippen LogP contribution in [0.1, 0.15) is 40.4 Å². The molecule has 46 heavy (non-hydrogen) atoms. The Labute approximate surface area is 271 Å². The number of amides is 2. The number of rotatable bonds is 7. The summed E-state index contributed by atoms with van der Waals surface area (Å²) in [5, 5.41) is 13.4. The van der Waals surface area contributed by atoms with E-state index in [1.54, 1.807) is 6.07 Å². The molecule has 3 aromatic carbocycles. The highest BCUT2D eigenvalue weighted by Gasteiger charge is 2.40. The summed E-state index contributed by atoms with van der Waals surface area (Å²) in [6.45, 7) is 2.03. The number of anilines is 3. The minimum Gasteiger partial charge on any atom is -0.478 e. The summed E-state index contributed by atoms with van der Waals surface area (Å²) in [5.74, 6) is -2.62. The molecule has 3 aliphatic rings. The molecule has 2 amide bonds. The zero-order valence-corrected chi connectivity index (χ0v) is 26.2. The van der Waals surface area contributed by atoms with Crippen LogP contribution in [0, 0.1) is 5.82 Å². The zero-order valence-electron chi connectivity index (χ0n) is 25.5. The predicted molar refractivity (Wildman–Crippen MR) is 174 cm³/mol. The Hall–Kier alpha value is -4.65. The van der Waals surface area contributed by atoms with E-state index in [1.807, 2.05) is 12.1 Å². The molecule has 0 bridgehead atoms. The fourth-order valence-electron chi connectivity index (χ4n) is 6.36. The van der Waals surface area contributed by atoms with Gasteiger partial charge in [-0.3, -0.25) is 20.0 Å². The largest absolute Gasteiger partial charge is 0.478 e. The molecule has 3 aromatic rings. The highest BCUT2D eigenvalue weighted by molar-refractivity contribution is 6.31. The molecule has 0 saturated carbocycles. The lowest BCUT2D eigenvalue weighted by atomic mass is 9.89. The van der Waals surface area contributed by atoms with Gasteiger partial charge < -0.3 is 25.1 Å². The van der Waals surface area contributed by atoms with Crippen LogP contribution < -0.4 is 26.2 Å². The molecule has 0 radical (unpaired) electrons. The molecule has 0 spiro atoms. The van der Waals surface area contributed by atoms with Crippen molar-refractivity contribution in [1.82, 2.24) is 20.8 Å². The normalized spacial score (nSPS) is 18.2. The van der Waals surface area contributed by atoms with Crippen molar-refractivity contribution < 1.29 is 23.9 Å². The van der Waals surface area contributed by atoms with Crippen LogP contribution in [0.4, 0.5) is 21.5 Å². The van der Waals surface area contributed by atoms with Gasteiger partial charge in [0.05, 0.1) is 22.5 Å². The molecule has 1 atom stereocenters. The van der Waals surface area contributed by atoms with Gasteiger partial charge in [-0.25, -0.2) is 9.18 Å². The number of piperidine rings is 1. The Morgan fingerprint density at radius 2 is 1.67 bits per heavy atom. The van der Waals surface area contributed by atoms with Crippen LogP contribution in [0.25, 0.3) is 0 Å². The topological polar surface area (TPSA) is 120 Å². The fraction of sp³-hybridized carbons (Fsp3) is 0.303. The van der Waals surface area contributed by atoms with Crippen molar-refractivity contribution in [2.45, 2.75) is 31.3 Å². The summed E-state index contributed by atoms with van der Waals surface area (Å²) in [7, 11) is 4.20. The molecule has 1 saturated heterocycles. The minimum atomic E-state index is -1.07. The number of fused-ring (bicyclic) bond motifs is 1. The number of carbonyl (C=O) groups excluding carboxylic acids is 2. The summed E-state index contributed by atoms with van der Waals surface area (Å²) in [4.78, 5) is 45.6. The second-order valence-electron chi connectivity index (χ2n) is 11.8. The Bertz CT molecular complexity index is 1690. The number of carboxylic acids is 1. The van der Waals surface area contributed by atoms with Crippen molar-refractivity contribution in [3.63, 3.8) is 0 Å². The van der Waals surface area contributed by atoms with Gasteiger partial charge in [0.2, 0.25) is 0 Å². The molecule has 6 rings (SSSR count). The van der Waals surface area contributed by atoms with Crippen molar-refractivity contribution in [2.24, 2.45) is 0 Å². The summed E-state index contributed by atoms with van der Waals surface area (Å²) < 4.78 is 14.7. The average molecular weight is 648 g/mol. The molecule has 3 aliphatic heterocycles. The highest BCUT2D eigenvalue weighted by Crippen LogP contribution is 2.38. The maximum atomic E-state index is 14.7. The summed E-state index contributed by atoms with van der Waals surface area (Å²) in [6.07, 6.45) is 4.01. The second-order valence-corrected chi connectivity index (χ2v) is 12.2. The number of hydrogen-bond donors (Lipinski definition) is 4. The molecule has 1 fully saturated rings. The molecule has 4 N–H and O–H groups in total. The Balaban J connectivity index is 1.32. The molecule has 13 heteroatoms. The Morgan fingerprint density at radius 3 is 2.37 bits per heavy atom. The van der Waals surface area contributed by atoms with Crippen LogP contribution >= 0.6 is 11.6 Å². The minimum absolute atomic E-state index is 0.0602. The molecule has 0 unspecified atom stereocenters. The average Bonchev–Trinajstić information content (AvgIpc) is 3.55. The number of nitrogens with one attached hydrogen (secondary N) is 3. The number of halogens is 2. The van der Waals surface area contributed by atoms with E-state index in [9.17, 15) is 23.9 Å². The van der Waals surface area contributed by atoms with E-state index in [4.69, 9.17) is 11.6 Å². The Morgan fingerprint density at radius 1 is 0.978 bits per heavy atom. The standard InChI is InChI=1S/C33H35ClFN7O4/c1-39(2)22-13-16-40(17-14-22)27-7-3-5-24-23(27)15-18-41(30(24)31(43)36-21-11-9-20(10-12-21)33(45)46)32(44)26-19-42(38-37-26)28-8-4-6-25(34)29(28)35/h3-12,19,22,30,37-38H,13-18H2,1-2H3,(H,36,43)(H,45,46)/t30-/m0/s1. The third kappa shape index (κ3) is 6.11. The third-order valence-corrected chi connectivity index (χ3v) is 9.12. The van der Waals surface area contributed by atoms with E-state index in [0.717, 1.165) is 42.7 Å². The summed E-state index contributed by atoms with van der Waals surface area (Å²) in [6, 6.07) is 15.8. The van der Waals surface area contributed by atoms with E-state index in [0.29, 0.717) is 18.2 Å². The molecular formula is C33H35ClFN7O4. The number of carbonyl (C=O) groups is 3. The molecule has 3 heterocycles. The van der Waals surface area contributed by atoms with E-state index in [2.05, 4.69) is 46.2 Å². The molecule has 0 aliphatic carbocycles. The lowest BCUT2D eigenvalue weighted by Gasteiger charge is -2.41.